The molecule has 9 heteroatoms. The van der Waals surface area contributed by atoms with Gasteiger partial charge in [-0.05, 0) is 35.9 Å². The van der Waals surface area contributed by atoms with Crippen molar-refractivity contribution in [3.8, 4) is 11.1 Å². The molecule has 1 amide bonds. The summed E-state index contributed by atoms with van der Waals surface area (Å²) in [5.74, 6) is -0.318. The Kier molecular flexibility index (Phi) is 5.41. The quantitative estimate of drug-likeness (QED) is 0.309. The highest BCUT2D eigenvalue weighted by atomic mass is 32.2. The molecule has 2 aromatic heterocycles. The zero-order valence-corrected chi connectivity index (χ0v) is 18.8. The molecule has 0 aliphatic heterocycles. The summed E-state index contributed by atoms with van der Waals surface area (Å²) in [6, 6.07) is 23.4. The maximum atomic E-state index is 13.2. The van der Waals surface area contributed by atoms with Crippen LogP contribution < -0.4 is 10.0 Å². The molecule has 5 aromatic rings. The lowest BCUT2D eigenvalue weighted by Gasteiger charge is -2.09. The van der Waals surface area contributed by atoms with Crippen LogP contribution in [0, 0.1) is 0 Å². The van der Waals surface area contributed by atoms with Crippen molar-refractivity contribution in [2.24, 2.45) is 0 Å². The van der Waals surface area contributed by atoms with Gasteiger partial charge in [0.05, 0.1) is 4.90 Å². The van der Waals surface area contributed by atoms with Gasteiger partial charge in [0.15, 0.2) is 5.13 Å². The predicted molar refractivity (Wildman–Crippen MR) is 131 cm³/mol. The van der Waals surface area contributed by atoms with Gasteiger partial charge in [0.1, 0.15) is 5.69 Å². The molecule has 5 rings (SSSR count). The van der Waals surface area contributed by atoms with Crippen molar-refractivity contribution in [3.63, 3.8) is 0 Å². The summed E-state index contributed by atoms with van der Waals surface area (Å²) in [6.07, 6.45) is 1.52. The van der Waals surface area contributed by atoms with Crippen LogP contribution in [0.25, 0.3) is 22.0 Å². The second kappa shape index (κ2) is 8.53. The zero-order chi connectivity index (χ0) is 22.8. The molecule has 0 saturated carbocycles. The van der Waals surface area contributed by atoms with Crippen LogP contribution in [0.3, 0.4) is 0 Å². The fourth-order valence-corrected chi connectivity index (χ4v) is 5.36. The number of aromatic nitrogens is 2. The molecule has 0 atom stereocenters. The van der Waals surface area contributed by atoms with E-state index in [9.17, 15) is 13.2 Å². The average molecular weight is 475 g/mol. The highest BCUT2D eigenvalue weighted by Crippen LogP contribution is 2.33. The number of sulfonamides is 1. The molecule has 0 saturated heterocycles. The Hall–Kier alpha value is -3.95. The van der Waals surface area contributed by atoms with Crippen molar-refractivity contribution in [1.82, 2.24) is 9.97 Å². The Morgan fingerprint density at radius 2 is 1.64 bits per heavy atom. The van der Waals surface area contributed by atoms with E-state index in [1.807, 2.05) is 54.6 Å². The van der Waals surface area contributed by atoms with Crippen LogP contribution in [0.5, 0.6) is 0 Å². The van der Waals surface area contributed by atoms with Crippen LogP contribution in [0.15, 0.2) is 95.3 Å². The predicted octanol–water partition coefficient (Wildman–Crippen LogP) is 5.34. The van der Waals surface area contributed by atoms with E-state index in [-0.39, 0.29) is 10.8 Å². The van der Waals surface area contributed by atoms with E-state index in [1.54, 1.807) is 17.5 Å². The van der Waals surface area contributed by atoms with Crippen molar-refractivity contribution in [3.05, 3.63) is 96.1 Å². The first-order valence-corrected chi connectivity index (χ1v) is 12.4. The second-order valence-corrected chi connectivity index (χ2v) is 9.78. The van der Waals surface area contributed by atoms with Crippen LogP contribution in [0.2, 0.25) is 0 Å². The number of hydrogen-bond acceptors (Lipinski definition) is 5. The van der Waals surface area contributed by atoms with Crippen molar-refractivity contribution < 1.29 is 13.2 Å². The third-order valence-electron chi connectivity index (χ3n) is 5.07. The van der Waals surface area contributed by atoms with Crippen LogP contribution in [0.4, 0.5) is 10.8 Å². The number of nitrogens with one attached hydrogen (secondary N) is 3. The second-order valence-electron chi connectivity index (χ2n) is 7.21. The number of para-hydroxylation sites is 1. The molecule has 0 bridgehead atoms. The molecule has 0 aliphatic rings. The summed E-state index contributed by atoms with van der Waals surface area (Å²) in [6.45, 7) is 0. The number of thiazole rings is 1. The number of aromatic amines is 1. The maximum Gasteiger partial charge on any atom is 0.272 e. The fraction of sp³-hybridized carbons (Fsp3) is 0. The van der Waals surface area contributed by atoms with Crippen molar-refractivity contribution in [2.75, 3.05) is 10.0 Å². The number of carbonyl (C=O) groups is 1. The van der Waals surface area contributed by atoms with Gasteiger partial charge in [-0.3, -0.25) is 9.52 Å². The minimum Gasteiger partial charge on any atom is -0.350 e. The van der Waals surface area contributed by atoms with Crippen LogP contribution >= 0.6 is 11.3 Å². The first-order chi connectivity index (χ1) is 16.0. The number of amides is 1. The lowest BCUT2D eigenvalue weighted by atomic mass is 10.0. The molecule has 3 N–H and O–H groups in total. The normalized spacial score (nSPS) is 11.4. The standard InChI is InChI=1S/C24H18N4O3S2/c29-23(22-21(16-6-2-1-3-7-16)19-8-4-5-9-20(19)27-22)26-17-10-12-18(13-11-17)33(30,31)28-24-25-14-15-32-24/h1-15,27H,(H,25,28)(H,26,29). The molecular weight excluding hydrogens is 456 g/mol. The molecule has 164 valence electrons. The number of fused-ring (bicyclic) bond motifs is 1. The molecular formula is C24H18N4O3S2. The summed E-state index contributed by atoms with van der Waals surface area (Å²) < 4.78 is 27.5. The number of carbonyl (C=O) groups excluding carboxylic acids is 1. The van der Waals surface area contributed by atoms with Crippen LogP contribution in [-0.2, 0) is 10.0 Å². The highest BCUT2D eigenvalue weighted by molar-refractivity contribution is 7.93. The lowest BCUT2D eigenvalue weighted by Crippen LogP contribution is -2.15. The monoisotopic (exact) mass is 474 g/mol. The van der Waals surface area contributed by atoms with E-state index < -0.39 is 10.0 Å². The third kappa shape index (κ3) is 4.23. The van der Waals surface area contributed by atoms with Crippen molar-refractivity contribution in [1.29, 1.82) is 0 Å². The minimum atomic E-state index is -3.76. The molecule has 0 fully saturated rings. The van der Waals surface area contributed by atoms with E-state index in [1.165, 1.54) is 29.7 Å². The lowest BCUT2D eigenvalue weighted by molar-refractivity contribution is 0.102. The van der Waals surface area contributed by atoms with Gasteiger partial charge in [0, 0.05) is 33.7 Å². The van der Waals surface area contributed by atoms with E-state index in [4.69, 9.17) is 0 Å². The average Bonchev–Trinajstić information content (AvgIpc) is 3.47. The van der Waals surface area contributed by atoms with Gasteiger partial charge in [-0.25, -0.2) is 13.4 Å². The Morgan fingerprint density at radius 3 is 2.36 bits per heavy atom. The Labute approximate surface area is 194 Å². The van der Waals surface area contributed by atoms with E-state index in [0.717, 1.165) is 22.0 Å². The molecule has 2 heterocycles. The Bertz CT molecular complexity index is 1530. The molecule has 0 radical (unpaired) electrons. The number of benzene rings is 3. The topological polar surface area (TPSA) is 104 Å². The molecule has 0 aliphatic carbocycles. The van der Waals surface area contributed by atoms with Gasteiger partial charge in [-0.2, -0.15) is 0 Å². The van der Waals surface area contributed by atoms with Gasteiger partial charge in [0.25, 0.3) is 15.9 Å². The van der Waals surface area contributed by atoms with Gasteiger partial charge >= 0.3 is 0 Å². The summed E-state index contributed by atoms with van der Waals surface area (Å²) in [7, 11) is -3.76. The number of nitrogens with zero attached hydrogens (tertiary/aromatic N) is 1. The summed E-state index contributed by atoms with van der Waals surface area (Å²) >= 11 is 1.19. The van der Waals surface area contributed by atoms with Gasteiger partial charge in [-0.15, -0.1) is 11.3 Å². The fourth-order valence-electron chi connectivity index (χ4n) is 3.58. The van der Waals surface area contributed by atoms with Gasteiger partial charge in [0.2, 0.25) is 0 Å². The van der Waals surface area contributed by atoms with E-state index >= 15 is 0 Å². The van der Waals surface area contributed by atoms with Crippen molar-refractivity contribution >= 4 is 49.0 Å². The van der Waals surface area contributed by atoms with E-state index in [2.05, 4.69) is 20.0 Å². The molecule has 33 heavy (non-hydrogen) atoms. The number of hydrogen-bond donors (Lipinski definition) is 3. The Balaban J connectivity index is 1.43. The number of anilines is 2. The summed E-state index contributed by atoms with van der Waals surface area (Å²) in [5, 5.41) is 5.78. The smallest absolute Gasteiger partial charge is 0.272 e. The molecule has 3 aromatic carbocycles. The molecule has 0 spiro atoms. The maximum absolute atomic E-state index is 13.2. The number of H-pyrrole nitrogens is 1. The molecule has 7 nitrogen and oxygen atoms in total. The van der Waals surface area contributed by atoms with Gasteiger partial charge in [-0.1, -0.05) is 48.5 Å². The number of rotatable bonds is 6. The molecule has 0 unspecified atom stereocenters. The van der Waals surface area contributed by atoms with Crippen LogP contribution in [-0.4, -0.2) is 24.3 Å². The summed E-state index contributed by atoms with van der Waals surface area (Å²) in [4.78, 5) is 20.4. The first kappa shape index (κ1) is 20.9. The summed E-state index contributed by atoms with van der Waals surface area (Å²) in [5.41, 5.74) is 3.51. The first-order valence-electron chi connectivity index (χ1n) is 10.0. The third-order valence-corrected chi connectivity index (χ3v) is 7.24. The minimum absolute atomic E-state index is 0.0753. The van der Waals surface area contributed by atoms with Gasteiger partial charge < -0.3 is 10.3 Å². The Morgan fingerprint density at radius 1 is 0.909 bits per heavy atom. The van der Waals surface area contributed by atoms with Crippen LogP contribution in [0.1, 0.15) is 10.5 Å². The van der Waals surface area contributed by atoms with Crippen molar-refractivity contribution in [2.45, 2.75) is 4.90 Å². The van der Waals surface area contributed by atoms with E-state index in [0.29, 0.717) is 16.5 Å². The highest BCUT2D eigenvalue weighted by Gasteiger charge is 2.20. The zero-order valence-electron chi connectivity index (χ0n) is 17.1. The largest absolute Gasteiger partial charge is 0.350 e. The SMILES string of the molecule is O=C(Nc1ccc(S(=O)(=O)Nc2nccs2)cc1)c1[nH]c2ccccc2c1-c1ccccc1.